The van der Waals surface area contributed by atoms with E-state index in [1.165, 1.54) is 0 Å². The van der Waals surface area contributed by atoms with Crippen LogP contribution in [0.15, 0.2) is 0 Å². The van der Waals surface area contributed by atoms with Crippen LogP contribution >= 0.6 is 0 Å². The summed E-state index contributed by atoms with van der Waals surface area (Å²) in [6, 6.07) is 0.0255. The quantitative estimate of drug-likeness (QED) is 0.527. The highest BCUT2D eigenvalue weighted by Crippen LogP contribution is 2.14. The molecule has 0 spiro atoms. The SMILES string of the molecule is O=C([C@@H]1CCCN1)N1CC(O)C1. The molecular formula is C8H14N2O2. The third kappa shape index (κ3) is 1.32. The summed E-state index contributed by atoms with van der Waals surface area (Å²) >= 11 is 0. The summed E-state index contributed by atoms with van der Waals surface area (Å²) in [5.41, 5.74) is 0. The van der Waals surface area contributed by atoms with E-state index in [0.717, 1.165) is 19.4 Å². The molecule has 0 aromatic rings. The van der Waals surface area contributed by atoms with Gasteiger partial charge < -0.3 is 15.3 Å². The van der Waals surface area contributed by atoms with E-state index in [1.807, 2.05) is 0 Å². The first-order chi connectivity index (χ1) is 5.77. The van der Waals surface area contributed by atoms with Crippen LogP contribution in [0, 0.1) is 0 Å². The molecule has 4 nitrogen and oxygen atoms in total. The fourth-order valence-electron chi connectivity index (χ4n) is 1.75. The number of β-amino-alcohol motifs (C(OH)–C–C–N with tert-alkyl or cyclic N) is 1. The van der Waals surface area contributed by atoms with Crippen LogP contribution in [0.5, 0.6) is 0 Å². The average molecular weight is 170 g/mol. The van der Waals surface area contributed by atoms with Crippen molar-refractivity contribution in [3.8, 4) is 0 Å². The number of carbonyl (C=O) groups is 1. The molecule has 2 saturated heterocycles. The van der Waals surface area contributed by atoms with Crippen molar-refractivity contribution in [2.45, 2.75) is 25.0 Å². The number of aliphatic hydroxyl groups excluding tert-OH is 1. The van der Waals surface area contributed by atoms with Gasteiger partial charge in [0, 0.05) is 13.1 Å². The van der Waals surface area contributed by atoms with Crippen molar-refractivity contribution in [3.63, 3.8) is 0 Å². The third-order valence-electron chi connectivity index (χ3n) is 2.53. The molecular weight excluding hydrogens is 156 g/mol. The normalized spacial score (nSPS) is 30.4. The van der Waals surface area contributed by atoms with Gasteiger partial charge in [-0.1, -0.05) is 0 Å². The van der Waals surface area contributed by atoms with E-state index >= 15 is 0 Å². The lowest BCUT2D eigenvalue weighted by Crippen LogP contribution is -2.57. The monoisotopic (exact) mass is 170 g/mol. The number of likely N-dealkylation sites (tertiary alicyclic amines) is 1. The Balaban J connectivity index is 1.83. The Bertz CT molecular complexity index is 183. The summed E-state index contributed by atoms with van der Waals surface area (Å²) in [7, 11) is 0. The van der Waals surface area contributed by atoms with Gasteiger partial charge in [0.05, 0.1) is 12.1 Å². The van der Waals surface area contributed by atoms with Crippen LogP contribution in [-0.2, 0) is 4.79 Å². The molecule has 0 unspecified atom stereocenters. The van der Waals surface area contributed by atoms with Crippen molar-refractivity contribution in [3.05, 3.63) is 0 Å². The summed E-state index contributed by atoms with van der Waals surface area (Å²) in [5.74, 6) is 0.165. The zero-order chi connectivity index (χ0) is 8.55. The van der Waals surface area contributed by atoms with Crippen molar-refractivity contribution >= 4 is 5.91 Å². The van der Waals surface area contributed by atoms with E-state index in [-0.39, 0.29) is 18.1 Å². The number of amides is 1. The molecule has 1 atom stereocenters. The maximum Gasteiger partial charge on any atom is 0.239 e. The van der Waals surface area contributed by atoms with Crippen molar-refractivity contribution in [1.82, 2.24) is 10.2 Å². The summed E-state index contributed by atoms with van der Waals surface area (Å²) in [6.45, 7) is 2.00. The molecule has 1 amide bonds. The van der Waals surface area contributed by atoms with Gasteiger partial charge in [-0.2, -0.15) is 0 Å². The lowest BCUT2D eigenvalue weighted by Gasteiger charge is -2.37. The van der Waals surface area contributed by atoms with E-state index in [4.69, 9.17) is 5.11 Å². The Morgan fingerprint density at radius 2 is 2.25 bits per heavy atom. The third-order valence-corrected chi connectivity index (χ3v) is 2.53. The van der Waals surface area contributed by atoms with Crippen molar-refractivity contribution in [2.24, 2.45) is 0 Å². The Hall–Kier alpha value is -0.610. The minimum Gasteiger partial charge on any atom is -0.389 e. The van der Waals surface area contributed by atoms with Crippen LogP contribution < -0.4 is 5.32 Å². The number of hydrogen-bond donors (Lipinski definition) is 2. The van der Waals surface area contributed by atoms with E-state index in [9.17, 15) is 4.79 Å². The molecule has 0 aromatic carbocycles. The lowest BCUT2D eigenvalue weighted by atomic mass is 10.1. The summed E-state index contributed by atoms with van der Waals surface area (Å²) < 4.78 is 0. The highest BCUT2D eigenvalue weighted by atomic mass is 16.3. The van der Waals surface area contributed by atoms with Gasteiger partial charge in [0.25, 0.3) is 0 Å². The minimum absolute atomic E-state index is 0.0255. The Morgan fingerprint density at radius 1 is 1.50 bits per heavy atom. The highest BCUT2D eigenvalue weighted by Gasteiger charge is 2.34. The second kappa shape index (κ2) is 3.03. The van der Waals surface area contributed by atoms with Crippen LogP contribution in [-0.4, -0.2) is 47.7 Å². The first-order valence-corrected chi connectivity index (χ1v) is 4.47. The largest absolute Gasteiger partial charge is 0.389 e. The molecule has 12 heavy (non-hydrogen) atoms. The number of carbonyl (C=O) groups excluding carboxylic acids is 1. The Morgan fingerprint density at radius 3 is 2.75 bits per heavy atom. The molecule has 2 rings (SSSR count). The van der Waals surface area contributed by atoms with Gasteiger partial charge in [0.15, 0.2) is 0 Å². The van der Waals surface area contributed by atoms with Gasteiger partial charge >= 0.3 is 0 Å². The number of nitrogens with zero attached hydrogens (tertiary/aromatic N) is 1. The molecule has 2 heterocycles. The van der Waals surface area contributed by atoms with Crippen molar-refractivity contribution < 1.29 is 9.90 Å². The molecule has 2 fully saturated rings. The predicted molar refractivity (Wildman–Crippen MR) is 43.6 cm³/mol. The van der Waals surface area contributed by atoms with Gasteiger partial charge in [-0.15, -0.1) is 0 Å². The predicted octanol–water partition coefficient (Wildman–Crippen LogP) is -1.06. The fraction of sp³-hybridized carbons (Fsp3) is 0.875. The van der Waals surface area contributed by atoms with Gasteiger partial charge in [0.2, 0.25) is 5.91 Å². The second-order valence-corrected chi connectivity index (χ2v) is 3.55. The van der Waals surface area contributed by atoms with Gasteiger partial charge in [-0.25, -0.2) is 0 Å². The standard InChI is InChI=1S/C8H14N2O2/c11-6-4-10(5-6)8(12)7-2-1-3-9-7/h6-7,9,11H,1-5H2/t7-/m0/s1. The van der Waals surface area contributed by atoms with Gasteiger partial charge in [0.1, 0.15) is 0 Å². The lowest BCUT2D eigenvalue weighted by molar-refractivity contribution is -0.143. The first kappa shape index (κ1) is 8.01. The van der Waals surface area contributed by atoms with E-state index in [0.29, 0.717) is 13.1 Å². The average Bonchev–Trinajstić information content (AvgIpc) is 2.49. The van der Waals surface area contributed by atoms with Crippen molar-refractivity contribution in [1.29, 1.82) is 0 Å². The molecule has 0 aromatic heterocycles. The smallest absolute Gasteiger partial charge is 0.239 e. The zero-order valence-electron chi connectivity index (χ0n) is 6.99. The molecule has 2 N–H and O–H groups in total. The Labute approximate surface area is 71.5 Å². The molecule has 2 aliphatic heterocycles. The summed E-state index contributed by atoms with van der Waals surface area (Å²) in [5, 5.41) is 12.1. The van der Waals surface area contributed by atoms with Gasteiger partial charge in [-0.3, -0.25) is 4.79 Å². The number of rotatable bonds is 1. The van der Waals surface area contributed by atoms with E-state index in [2.05, 4.69) is 5.32 Å². The topological polar surface area (TPSA) is 52.6 Å². The molecule has 0 radical (unpaired) electrons. The molecule has 0 aliphatic carbocycles. The highest BCUT2D eigenvalue weighted by molar-refractivity contribution is 5.83. The number of aliphatic hydroxyl groups is 1. The van der Waals surface area contributed by atoms with Crippen LogP contribution in [0.4, 0.5) is 0 Å². The maximum atomic E-state index is 11.5. The summed E-state index contributed by atoms with van der Waals surface area (Å²) in [6.07, 6.45) is 1.76. The van der Waals surface area contributed by atoms with Crippen LogP contribution in [0.2, 0.25) is 0 Å². The second-order valence-electron chi connectivity index (χ2n) is 3.55. The molecule has 4 heteroatoms. The first-order valence-electron chi connectivity index (χ1n) is 4.47. The van der Waals surface area contributed by atoms with Crippen LogP contribution in [0.1, 0.15) is 12.8 Å². The zero-order valence-corrected chi connectivity index (χ0v) is 6.99. The molecule has 68 valence electrons. The molecule has 2 aliphatic rings. The summed E-state index contributed by atoms with van der Waals surface area (Å²) in [4.78, 5) is 13.2. The van der Waals surface area contributed by atoms with Crippen LogP contribution in [0.3, 0.4) is 0 Å². The number of nitrogens with one attached hydrogen (secondary N) is 1. The van der Waals surface area contributed by atoms with Crippen LogP contribution in [0.25, 0.3) is 0 Å². The fourth-order valence-corrected chi connectivity index (χ4v) is 1.75. The molecule has 0 saturated carbocycles. The van der Waals surface area contributed by atoms with E-state index < -0.39 is 0 Å². The van der Waals surface area contributed by atoms with Crippen molar-refractivity contribution in [2.75, 3.05) is 19.6 Å². The Kier molecular flexibility index (Phi) is 2.02. The van der Waals surface area contributed by atoms with Gasteiger partial charge in [-0.05, 0) is 19.4 Å². The minimum atomic E-state index is -0.282. The van der Waals surface area contributed by atoms with E-state index in [1.54, 1.807) is 4.90 Å². The number of hydrogen-bond acceptors (Lipinski definition) is 3. The maximum absolute atomic E-state index is 11.5. The molecule has 0 bridgehead atoms.